The van der Waals surface area contributed by atoms with Crippen molar-refractivity contribution in [1.29, 1.82) is 0 Å². The van der Waals surface area contributed by atoms with Crippen molar-refractivity contribution in [3.8, 4) is 0 Å². The zero-order valence-electron chi connectivity index (χ0n) is 13.2. The van der Waals surface area contributed by atoms with Crippen molar-refractivity contribution in [2.75, 3.05) is 11.1 Å². The van der Waals surface area contributed by atoms with Crippen LogP contribution in [0.15, 0.2) is 34.8 Å². The molecule has 25 heavy (non-hydrogen) atoms. The van der Waals surface area contributed by atoms with Gasteiger partial charge in [0.15, 0.2) is 0 Å². The maximum absolute atomic E-state index is 12.2. The first-order chi connectivity index (χ1) is 12.0. The third kappa shape index (κ3) is 4.76. The summed E-state index contributed by atoms with van der Waals surface area (Å²) >= 11 is 15.2. The van der Waals surface area contributed by atoms with Crippen LogP contribution in [-0.4, -0.2) is 26.8 Å². The highest BCUT2D eigenvalue weighted by Gasteiger charge is 2.13. The van der Waals surface area contributed by atoms with Gasteiger partial charge in [-0.25, -0.2) is 4.98 Å². The van der Waals surface area contributed by atoms with E-state index in [0.717, 1.165) is 11.4 Å². The van der Waals surface area contributed by atoms with Gasteiger partial charge < -0.3 is 5.32 Å². The van der Waals surface area contributed by atoms with Gasteiger partial charge in [-0.3, -0.25) is 9.89 Å². The number of hydrogen-bond acceptors (Lipinski definition) is 5. The summed E-state index contributed by atoms with van der Waals surface area (Å²) in [6, 6.07) is 7.55. The number of aromatic amines is 1. The molecule has 5 nitrogen and oxygen atoms in total. The molecule has 0 aliphatic rings. The lowest BCUT2D eigenvalue weighted by Gasteiger charge is -2.10. The number of halogens is 2. The third-order valence-corrected chi connectivity index (χ3v) is 5.84. The van der Waals surface area contributed by atoms with Gasteiger partial charge in [0.25, 0.3) is 0 Å². The van der Waals surface area contributed by atoms with Crippen molar-refractivity contribution in [2.45, 2.75) is 18.5 Å². The Bertz CT molecular complexity index is 880. The summed E-state index contributed by atoms with van der Waals surface area (Å²) < 4.78 is 0. The normalized spacial score (nSPS) is 10.8. The molecule has 3 aromatic rings. The fourth-order valence-electron chi connectivity index (χ4n) is 2.08. The molecule has 0 bridgehead atoms. The predicted molar refractivity (Wildman–Crippen MR) is 104 cm³/mol. The Morgan fingerprint density at radius 1 is 1.36 bits per heavy atom. The summed E-state index contributed by atoms with van der Waals surface area (Å²) in [7, 11) is 0. The number of carbonyl (C=O) groups excluding carboxylic acids is 1. The zero-order chi connectivity index (χ0) is 17.8. The highest BCUT2D eigenvalue weighted by molar-refractivity contribution is 7.99. The van der Waals surface area contributed by atoms with E-state index in [1.807, 2.05) is 24.4 Å². The molecule has 0 spiro atoms. The monoisotopic (exact) mass is 412 g/mol. The van der Waals surface area contributed by atoms with Gasteiger partial charge in [-0.15, -0.1) is 16.4 Å². The van der Waals surface area contributed by atoms with Crippen LogP contribution in [0.25, 0.3) is 0 Å². The first-order valence-electron chi connectivity index (χ1n) is 7.34. The van der Waals surface area contributed by atoms with Gasteiger partial charge in [0.2, 0.25) is 11.1 Å². The first kappa shape index (κ1) is 18.3. The molecule has 0 fully saturated rings. The molecule has 0 aliphatic heterocycles. The Labute approximate surface area is 163 Å². The number of nitrogens with zero attached hydrogens (tertiary/aromatic N) is 2. The molecule has 0 unspecified atom stereocenters. The number of amides is 1. The summed E-state index contributed by atoms with van der Waals surface area (Å²) in [5.74, 6) is 0.718. The van der Waals surface area contributed by atoms with Crippen LogP contribution in [0.4, 0.5) is 5.69 Å². The summed E-state index contributed by atoms with van der Waals surface area (Å²) in [5, 5.41) is 13.2. The van der Waals surface area contributed by atoms with E-state index in [1.165, 1.54) is 16.6 Å². The van der Waals surface area contributed by atoms with Crippen LogP contribution in [0.2, 0.25) is 10.0 Å². The molecule has 0 atom stereocenters. The van der Waals surface area contributed by atoms with E-state index in [-0.39, 0.29) is 11.7 Å². The van der Waals surface area contributed by atoms with Crippen LogP contribution in [-0.2, 0) is 11.2 Å². The number of anilines is 1. The van der Waals surface area contributed by atoms with E-state index in [4.69, 9.17) is 23.2 Å². The van der Waals surface area contributed by atoms with E-state index >= 15 is 0 Å². The number of nitrogens with one attached hydrogen (secondary N) is 2. The number of aryl methyl sites for hydroxylation is 1. The van der Waals surface area contributed by atoms with Crippen molar-refractivity contribution in [3.05, 3.63) is 56.0 Å². The molecule has 1 aromatic carbocycles. The third-order valence-electron chi connectivity index (χ3n) is 3.31. The maximum atomic E-state index is 12.2. The standard InChI is InChI=1S/C16H14Cl2N4OS2/c1-9-4-5-11(17)15(14(9)18)20-13(23)8-25-16-19-12(21-22-16)7-10-3-2-6-24-10/h2-6H,7-8H2,1H3,(H,20,23)(H,19,21,22). The zero-order valence-corrected chi connectivity index (χ0v) is 16.3. The van der Waals surface area contributed by atoms with Gasteiger partial charge in [0, 0.05) is 11.3 Å². The Morgan fingerprint density at radius 3 is 2.96 bits per heavy atom. The summed E-state index contributed by atoms with van der Waals surface area (Å²) in [6.45, 7) is 1.85. The van der Waals surface area contributed by atoms with Crippen LogP contribution in [0.1, 0.15) is 16.3 Å². The quantitative estimate of drug-likeness (QED) is 0.570. The van der Waals surface area contributed by atoms with Crippen LogP contribution < -0.4 is 5.32 Å². The van der Waals surface area contributed by atoms with Gasteiger partial charge in [0.05, 0.1) is 21.5 Å². The average Bonchev–Trinajstić information content (AvgIpc) is 3.26. The van der Waals surface area contributed by atoms with Crippen molar-refractivity contribution in [2.24, 2.45) is 0 Å². The number of carbonyl (C=O) groups is 1. The molecule has 2 aromatic heterocycles. The van der Waals surface area contributed by atoms with Gasteiger partial charge in [-0.2, -0.15) is 0 Å². The predicted octanol–water partition coefficient (Wildman–Crippen LogP) is 4.80. The molecule has 3 rings (SSSR count). The number of benzene rings is 1. The van der Waals surface area contributed by atoms with Crippen molar-refractivity contribution >= 4 is 57.9 Å². The van der Waals surface area contributed by atoms with E-state index < -0.39 is 0 Å². The van der Waals surface area contributed by atoms with Crippen molar-refractivity contribution in [1.82, 2.24) is 15.2 Å². The van der Waals surface area contributed by atoms with Gasteiger partial charge in [-0.05, 0) is 30.0 Å². The molecule has 0 saturated heterocycles. The van der Waals surface area contributed by atoms with Crippen LogP contribution in [0.5, 0.6) is 0 Å². The molecular weight excluding hydrogens is 399 g/mol. The molecule has 9 heteroatoms. The number of thiophene rings is 1. The van der Waals surface area contributed by atoms with E-state index in [9.17, 15) is 4.79 Å². The largest absolute Gasteiger partial charge is 0.323 e. The van der Waals surface area contributed by atoms with Gasteiger partial charge in [-0.1, -0.05) is 47.1 Å². The highest BCUT2D eigenvalue weighted by Crippen LogP contribution is 2.33. The number of hydrogen-bond donors (Lipinski definition) is 2. The maximum Gasteiger partial charge on any atom is 0.234 e. The molecule has 130 valence electrons. The van der Waals surface area contributed by atoms with Gasteiger partial charge >= 0.3 is 0 Å². The van der Waals surface area contributed by atoms with E-state index in [0.29, 0.717) is 27.3 Å². The number of thioether (sulfide) groups is 1. The molecule has 0 radical (unpaired) electrons. The molecule has 2 heterocycles. The molecule has 2 N–H and O–H groups in total. The molecule has 0 saturated carbocycles. The SMILES string of the molecule is Cc1ccc(Cl)c(NC(=O)CSc2n[nH]c(Cc3cccs3)n2)c1Cl. The molecular formula is C16H14Cl2N4OS2. The fraction of sp³-hybridized carbons (Fsp3) is 0.188. The summed E-state index contributed by atoms with van der Waals surface area (Å²) in [6.07, 6.45) is 0.700. The second-order valence-electron chi connectivity index (χ2n) is 5.21. The smallest absolute Gasteiger partial charge is 0.234 e. The Hall–Kier alpha value is -1.54. The van der Waals surface area contributed by atoms with Gasteiger partial charge in [0.1, 0.15) is 5.82 Å². The first-order valence-corrected chi connectivity index (χ1v) is 9.96. The van der Waals surface area contributed by atoms with Crippen LogP contribution >= 0.6 is 46.3 Å². The lowest BCUT2D eigenvalue weighted by atomic mass is 10.2. The van der Waals surface area contributed by atoms with E-state index in [1.54, 1.807) is 23.5 Å². The Kier molecular flexibility index (Phi) is 6.01. The minimum Gasteiger partial charge on any atom is -0.323 e. The topological polar surface area (TPSA) is 70.7 Å². The Morgan fingerprint density at radius 2 is 2.20 bits per heavy atom. The number of rotatable bonds is 6. The summed E-state index contributed by atoms with van der Waals surface area (Å²) in [5.41, 5.74) is 1.28. The second kappa shape index (κ2) is 8.23. The number of H-pyrrole nitrogens is 1. The lowest BCUT2D eigenvalue weighted by molar-refractivity contribution is -0.113. The highest BCUT2D eigenvalue weighted by atomic mass is 35.5. The molecule has 1 amide bonds. The van der Waals surface area contributed by atoms with Crippen molar-refractivity contribution in [3.63, 3.8) is 0 Å². The minimum absolute atomic E-state index is 0.164. The summed E-state index contributed by atoms with van der Waals surface area (Å²) in [4.78, 5) is 17.7. The minimum atomic E-state index is -0.219. The Balaban J connectivity index is 1.56. The average molecular weight is 413 g/mol. The number of aromatic nitrogens is 3. The van der Waals surface area contributed by atoms with Crippen LogP contribution in [0, 0.1) is 6.92 Å². The second-order valence-corrected chi connectivity index (χ2v) is 7.97. The van der Waals surface area contributed by atoms with Crippen molar-refractivity contribution < 1.29 is 4.79 Å². The van der Waals surface area contributed by atoms with Crippen LogP contribution in [0.3, 0.4) is 0 Å². The van der Waals surface area contributed by atoms with E-state index in [2.05, 4.69) is 20.5 Å². The fourth-order valence-corrected chi connectivity index (χ4v) is 3.87. The lowest BCUT2D eigenvalue weighted by Crippen LogP contribution is -2.15. The molecule has 0 aliphatic carbocycles.